The van der Waals surface area contributed by atoms with Gasteiger partial charge in [-0.1, -0.05) is 0 Å². The first kappa shape index (κ1) is 13.8. The summed E-state index contributed by atoms with van der Waals surface area (Å²) in [6.45, 7) is 3.63. The SMILES string of the molecule is Cc1ccc(C(C)NC(=O)c2ccc(C(=O)O)nc2)o1. The van der Waals surface area contributed by atoms with Crippen molar-refractivity contribution in [2.45, 2.75) is 19.9 Å². The van der Waals surface area contributed by atoms with Gasteiger partial charge in [-0.05, 0) is 38.1 Å². The lowest BCUT2D eigenvalue weighted by Gasteiger charge is -2.11. The van der Waals surface area contributed by atoms with Gasteiger partial charge in [0, 0.05) is 6.20 Å². The molecular formula is C14H14N2O4. The average Bonchev–Trinajstić information content (AvgIpc) is 2.85. The van der Waals surface area contributed by atoms with E-state index in [1.807, 2.05) is 13.0 Å². The standard InChI is InChI=1S/C14H14N2O4/c1-8-3-6-12(20-8)9(2)16-13(17)10-4-5-11(14(18)19)15-7-10/h3-7,9H,1-2H3,(H,16,17)(H,18,19). The molecule has 2 rings (SSSR count). The summed E-state index contributed by atoms with van der Waals surface area (Å²) in [5.74, 6) is -0.0353. The third-order valence-electron chi connectivity index (χ3n) is 2.78. The van der Waals surface area contributed by atoms with Crippen molar-refractivity contribution in [2.24, 2.45) is 0 Å². The topological polar surface area (TPSA) is 92.4 Å². The fourth-order valence-electron chi connectivity index (χ4n) is 1.69. The number of aryl methyl sites for hydroxylation is 1. The van der Waals surface area contributed by atoms with E-state index < -0.39 is 5.97 Å². The van der Waals surface area contributed by atoms with Crippen LogP contribution in [0.25, 0.3) is 0 Å². The van der Waals surface area contributed by atoms with E-state index in [0.29, 0.717) is 11.3 Å². The molecule has 0 bridgehead atoms. The Hall–Kier alpha value is -2.63. The number of amides is 1. The van der Waals surface area contributed by atoms with Gasteiger partial charge in [-0.25, -0.2) is 9.78 Å². The summed E-state index contributed by atoms with van der Waals surface area (Å²) >= 11 is 0. The quantitative estimate of drug-likeness (QED) is 0.891. The minimum absolute atomic E-state index is 0.101. The molecule has 2 aromatic rings. The van der Waals surface area contributed by atoms with Crippen molar-refractivity contribution in [1.82, 2.24) is 10.3 Å². The van der Waals surface area contributed by atoms with Crippen LogP contribution in [0.4, 0.5) is 0 Å². The number of aromatic carboxylic acids is 1. The van der Waals surface area contributed by atoms with Crippen molar-refractivity contribution in [1.29, 1.82) is 0 Å². The number of hydrogen-bond donors (Lipinski definition) is 2. The first-order valence-corrected chi connectivity index (χ1v) is 6.04. The highest BCUT2D eigenvalue weighted by atomic mass is 16.4. The van der Waals surface area contributed by atoms with Gasteiger partial charge in [-0.3, -0.25) is 4.79 Å². The van der Waals surface area contributed by atoms with Gasteiger partial charge < -0.3 is 14.8 Å². The lowest BCUT2D eigenvalue weighted by Crippen LogP contribution is -2.26. The molecule has 0 fully saturated rings. The Morgan fingerprint density at radius 3 is 2.55 bits per heavy atom. The Bertz CT molecular complexity index is 631. The number of nitrogens with one attached hydrogen (secondary N) is 1. The van der Waals surface area contributed by atoms with Gasteiger partial charge in [0.2, 0.25) is 0 Å². The Balaban J connectivity index is 2.06. The van der Waals surface area contributed by atoms with Gasteiger partial charge in [0.25, 0.3) is 5.91 Å². The first-order chi connectivity index (χ1) is 9.47. The minimum atomic E-state index is -1.13. The highest BCUT2D eigenvalue weighted by molar-refractivity contribution is 5.95. The van der Waals surface area contributed by atoms with Crippen LogP contribution in [0.2, 0.25) is 0 Å². The molecule has 0 saturated heterocycles. The zero-order chi connectivity index (χ0) is 14.7. The van der Waals surface area contributed by atoms with Crippen LogP contribution in [0, 0.1) is 6.92 Å². The molecule has 0 saturated carbocycles. The van der Waals surface area contributed by atoms with E-state index in [2.05, 4.69) is 10.3 Å². The fraction of sp³-hybridized carbons (Fsp3) is 0.214. The number of carbonyl (C=O) groups excluding carboxylic acids is 1. The molecule has 2 aromatic heterocycles. The van der Waals surface area contributed by atoms with Gasteiger partial charge in [0.15, 0.2) is 0 Å². The van der Waals surface area contributed by atoms with Crippen LogP contribution in [-0.2, 0) is 0 Å². The largest absolute Gasteiger partial charge is 0.477 e. The number of pyridine rings is 1. The summed E-state index contributed by atoms with van der Waals surface area (Å²) in [4.78, 5) is 26.3. The zero-order valence-corrected chi connectivity index (χ0v) is 11.1. The van der Waals surface area contributed by atoms with E-state index in [4.69, 9.17) is 9.52 Å². The van der Waals surface area contributed by atoms with Gasteiger partial charge in [0.05, 0.1) is 11.6 Å². The number of carbonyl (C=O) groups is 2. The summed E-state index contributed by atoms with van der Waals surface area (Å²) in [7, 11) is 0. The maximum atomic E-state index is 12.0. The van der Waals surface area contributed by atoms with E-state index in [0.717, 1.165) is 5.76 Å². The van der Waals surface area contributed by atoms with Gasteiger partial charge in [-0.15, -0.1) is 0 Å². The third kappa shape index (κ3) is 3.03. The normalized spacial score (nSPS) is 11.9. The van der Waals surface area contributed by atoms with Crippen molar-refractivity contribution in [3.63, 3.8) is 0 Å². The summed E-state index contributed by atoms with van der Waals surface area (Å²) in [6, 6.07) is 6.05. The molecule has 2 N–H and O–H groups in total. The van der Waals surface area contributed by atoms with Gasteiger partial charge in [-0.2, -0.15) is 0 Å². The number of rotatable bonds is 4. The smallest absolute Gasteiger partial charge is 0.354 e. The van der Waals surface area contributed by atoms with E-state index in [1.54, 1.807) is 13.0 Å². The molecule has 0 radical (unpaired) electrons. The van der Waals surface area contributed by atoms with Crippen LogP contribution < -0.4 is 5.32 Å². The molecule has 0 spiro atoms. The molecule has 1 unspecified atom stereocenters. The monoisotopic (exact) mass is 274 g/mol. The van der Waals surface area contributed by atoms with Crippen molar-refractivity contribution < 1.29 is 19.1 Å². The van der Waals surface area contributed by atoms with Crippen molar-refractivity contribution in [3.8, 4) is 0 Å². The summed E-state index contributed by atoms with van der Waals surface area (Å²) in [5.41, 5.74) is 0.196. The van der Waals surface area contributed by atoms with Crippen molar-refractivity contribution in [2.75, 3.05) is 0 Å². The summed E-state index contributed by atoms with van der Waals surface area (Å²) < 4.78 is 5.42. The van der Waals surface area contributed by atoms with Gasteiger partial charge in [0.1, 0.15) is 17.2 Å². The number of nitrogens with zero attached hydrogens (tertiary/aromatic N) is 1. The van der Waals surface area contributed by atoms with Crippen LogP contribution in [0.3, 0.4) is 0 Å². The summed E-state index contributed by atoms with van der Waals surface area (Å²) in [5, 5.41) is 11.5. The molecule has 0 aliphatic rings. The molecule has 2 heterocycles. The Morgan fingerprint density at radius 1 is 1.30 bits per heavy atom. The third-order valence-corrected chi connectivity index (χ3v) is 2.78. The second-order valence-corrected chi connectivity index (χ2v) is 4.38. The lowest BCUT2D eigenvalue weighted by molar-refractivity contribution is 0.0689. The molecule has 6 nitrogen and oxygen atoms in total. The second kappa shape index (κ2) is 5.56. The van der Waals surface area contributed by atoms with Crippen LogP contribution in [0.1, 0.15) is 45.3 Å². The van der Waals surface area contributed by atoms with E-state index >= 15 is 0 Å². The molecule has 0 aromatic carbocycles. The Labute approximate surface area is 115 Å². The van der Waals surface area contributed by atoms with E-state index in [9.17, 15) is 9.59 Å². The highest BCUT2D eigenvalue weighted by Crippen LogP contribution is 2.16. The molecule has 1 amide bonds. The fourth-order valence-corrected chi connectivity index (χ4v) is 1.69. The number of hydrogen-bond acceptors (Lipinski definition) is 4. The molecule has 6 heteroatoms. The lowest BCUT2D eigenvalue weighted by atomic mass is 10.2. The predicted octanol–water partition coefficient (Wildman–Crippen LogP) is 2.17. The molecular weight excluding hydrogens is 260 g/mol. The second-order valence-electron chi connectivity index (χ2n) is 4.38. The number of aromatic nitrogens is 1. The van der Waals surface area contributed by atoms with Crippen LogP contribution >= 0.6 is 0 Å². The average molecular weight is 274 g/mol. The van der Waals surface area contributed by atoms with Gasteiger partial charge >= 0.3 is 5.97 Å². The van der Waals surface area contributed by atoms with E-state index in [1.165, 1.54) is 18.3 Å². The number of carboxylic acids is 1. The van der Waals surface area contributed by atoms with Crippen LogP contribution in [0.5, 0.6) is 0 Å². The maximum absolute atomic E-state index is 12.0. The molecule has 0 aliphatic heterocycles. The van der Waals surface area contributed by atoms with Crippen molar-refractivity contribution >= 4 is 11.9 Å². The minimum Gasteiger partial charge on any atom is -0.477 e. The van der Waals surface area contributed by atoms with Crippen LogP contribution in [-0.4, -0.2) is 22.0 Å². The zero-order valence-electron chi connectivity index (χ0n) is 11.1. The molecule has 104 valence electrons. The number of carboxylic acid groups (broad SMARTS) is 1. The first-order valence-electron chi connectivity index (χ1n) is 6.04. The van der Waals surface area contributed by atoms with Crippen molar-refractivity contribution in [3.05, 3.63) is 53.2 Å². The number of furan rings is 1. The summed E-state index contributed by atoms with van der Waals surface area (Å²) in [6.07, 6.45) is 1.24. The molecule has 20 heavy (non-hydrogen) atoms. The Kier molecular flexibility index (Phi) is 3.84. The Morgan fingerprint density at radius 2 is 2.05 bits per heavy atom. The highest BCUT2D eigenvalue weighted by Gasteiger charge is 2.15. The molecule has 1 atom stereocenters. The maximum Gasteiger partial charge on any atom is 0.354 e. The predicted molar refractivity (Wildman–Crippen MR) is 70.5 cm³/mol. The van der Waals surface area contributed by atoms with E-state index in [-0.39, 0.29) is 17.6 Å². The molecule has 0 aliphatic carbocycles. The van der Waals surface area contributed by atoms with Crippen LogP contribution in [0.15, 0.2) is 34.9 Å².